The van der Waals surface area contributed by atoms with Crippen LogP contribution in [0.2, 0.25) is 0 Å². The van der Waals surface area contributed by atoms with E-state index in [1.165, 1.54) is 0 Å². The van der Waals surface area contributed by atoms with Crippen LogP contribution >= 0.6 is 0 Å². The Morgan fingerprint density at radius 1 is 1.36 bits per heavy atom. The lowest BCUT2D eigenvalue weighted by molar-refractivity contribution is -0.124. The van der Waals surface area contributed by atoms with Crippen molar-refractivity contribution in [1.82, 2.24) is 10.2 Å². The minimum Gasteiger partial charge on any atom is -0.454 e. The molecule has 2 heterocycles. The van der Waals surface area contributed by atoms with Gasteiger partial charge in [-0.3, -0.25) is 9.59 Å². The third-order valence-corrected chi connectivity index (χ3v) is 3.80. The molecule has 1 N–H and O–H groups in total. The zero-order valence-electron chi connectivity index (χ0n) is 12.0. The van der Waals surface area contributed by atoms with Crippen molar-refractivity contribution in [3.05, 3.63) is 23.8 Å². The number of nitrogens with one attached hydrogen (secondary N) is 1. The molecule has 0 spiro atoms. The lowest BCUT2D eigenvalue weighted by Gasteiger charge is -2.23. The van der Waals surface area contributed by atoms with Crippen molar-refractivity contribution in [2.45, 2.75) is 18.9 Å². The first kappa shape index (κ1) is 14.3. The van der Waals surface area contributed by atoms with Gasteiger partial charge in [0.2, 0.25) is 12.7 Å². The fourth-order valence-electron chi connectivity index (χ4n) is 2.73. The molecule has 0 radical (unpaired) electrons. The van der Waals surface area contributed by atoms with Crippen LogP contribution in [-0.2, 0) is 4.79 Å². The van der Waals surface area contributed by atoms with E-state index in [0.717, 1.165) is 6.42 Å². The monoisotopic (exact) mass is 300 g/mol. The fraction of sp³-hybridized carbons (Fsp3) is 0.375. The van der Waals surface area contributed by atoms with Crippen LogP contribution in [0.25, 0.3) is 0 Å². The number of likely N-dealkylation sites (tertiary alicyclic amines) is 1. The normalized spacial score (nSPS) is 18.9. The Hall–Kier alpha value is -2.68. The van der Waals surface area contributed by atoms with Gasteiger partial charge >= 0.3 is 0 Å². The van der Waals surface area contributed by atoms with E-state index in [1.54, 1.807) is 23.1 Å². The van der Waals surface area contributed by atoms with Crippen molar-refractivity contribution in [2.24, 2.45) is 0 Å². The Bertz CT molecular complexity index is 650. The molecule has 0 bridgehead atoms. The Morgan fingerprint density at radius 3 is 3.00 bits per heavy atom. The first-order valence-electron chi connectivity index (χ1n) is 7.12. The van der Waals surface area contributed by atoms with Crippen LogP contribution in [0.1, 0.15) is 23.2 Å². The number of rotatable bonds is 3. The average molecular weight is 300 g/mol. The zero-order chi connectivity index (χ0) is 15.5. The van der Waals surface area contributed by atoms with Crippen LogP contribution in [0.4, 0.5) is 0 Å². The lowest BCUT2D eigenvalue weighted by atomic mass is 10.1. The minimum absolute atomic E-state index is 0.161. The molecule has 1 atom stereocenters. The van der Waals surface area contributed by atoms with Crippen LogP contribution in [0.15, 0.2) is 18.2 Å². The van der Waals surface area contributed by atoms with Crippen molar-refractivity contribution in [1.29, 1.82) is 0 Å². The number of hydrogen-bond donors (Lipinski definition) is 1. The van der Waals surface area contributed by atoms with Crippen molar-refractivity contribution in [2.75, 3.05) is 19.9 Å². The van der Waals surface area contributed by atoms with Gasteiger partial charge < -0.3 is 19.7 Å². The summed E-state index contributed by atoms with van der Waals surface area (Å²) in [5.74, 6) is 3.15. The number of ether oxygens (including phenoxy) is 2. The molecule has 0 aliphatic carbocycles. The van der Waals surface area contributed by atoms with E-state index in [0.29, 0.717) is 30.0 Å². The molecule has 1 aromatic rings. The summed E-state index contributed by atoms with van der Waals surface area (Å²) in [6, 6.07) is 4.58. The summed E-state index contributed by atoms with van der Waals surface area (Å²) < 4.78 is 10.5. The minimum atomic E-state index is -0.466. The molecule has 3 rings (SSSR count). The second-order valence-electron chi connectivity index (χ2n) is 5.15. The Labute approximate surface area is 128 Å². The Morgan fingerprint density at radius 2 is 2.18 bits per heavy atom. The van der Waals surface area contributed by atoms with Crippen LogP contribution < -0.4 is 14.8 Å². The first-order chi connectivity index (χ1) is 10.7. The van der Waals surface area contributed by atoms with Gasteiger partial charge in [0.05, 0.1) is 6.54 Å². The van der Waals surface area contributed by atoms with Crippen LogP contribution in [-0.4, -0.2) is 42.6 Å². The second-order valence-corrected chi connectivity index (χ2v) is 5.15. The topological polar surface area (TPSA) is 67.9 Å². The number of carbonyl (C=O) groups is 2. The van der Waals surface area contributed by atoms with E-state index in [4.69, 9.17) is 15.9 Å². The number of hydrogen-bond acceptors (Lipinski definition) is 4. The van der Waals surface area contributed by atoms with Crippen LogP contribution in [0.3, 0.4) is 0 Å². The van der Waals surface area contributed by atoms with Crippen molar-refractivity contribution in [3.63, 3.8) is 0 Å². The summed E-state index contributed by atoms with van der Waals surface area (Å²) in [6.07, 6.45) is 6.58. The zero-order valence-corrected chi connectivity index (χ0v) is 12.0. The first-order valence-corrected chi connectivity index (χ1v) is 7.12. The SMILES string of the molecule is C#CCNC(=O)[C@H]1CCCN1C(=O)c1ccc2c(c1)OCO2. The highest BCUT2D eigenvalue weighted by atomic mass is 16.7. The largest absolute Gasteiger partial charge is 0.454 e. The molecular formula is C16H16N2O4. The van der Waals surface area contributed by atoms with Crippen LogP contribution in [0, 0.1) is 12.3 Å². The predicted octanol–water partition coefficient (Wildman–Crippen LogP) is 0.769. The molecule has 0 aromatic heterocycles. The number of nitrogens with zero attached hydrogens (tertiary/aromatic N) is 1. The number of fused-ring (bicyclic) bond motifs is 1. The van der Waals surface area contributed by atoms with E-state index in [1.807, 2.05) is 0 Å². The maximum atomic E-state index is 12.6. The average Bonchev–Trinajstić information content (AvgIpc) is 3.19. The van der Waals surface area contributed by atoms with Gasteiger partial charge in [-0.1, -0.05) is 5.92 Å². The molecule has 22 heavy (non-hydrogen) atoms. The molecule has 1 aromatic carbocycles. The van der Waals surface area contributed by atoms with E-state index in [9.17, 15) is 9.59 Å². The fourth-order valence-corrected chi connectivity index (χ4v) is 2.73. The molecule has 6 heteroatoms. The van der Waals surface area contributed by atoms with Gasteiger partial charge in [-0.15, -0.1) is 6.42 Å². The summed E-state index contributed by atoms with van der Waals surface area (Å²) in [7, 11) is 0. The summed E-state index contributed by atoms with van der Waals surface area (Å²) >= 11 is 0. The molecule has 0 unspecified atom stereocenters. The van der Waals surface area contributed by atoms with Gasteiger partial charge in [0.1, 0.15) is 6.04 Å². The molecule has 1 fully saturated rings. The highest BCUT2D eigenvalue weighted by molar-refractivity contribution is 5.98. The summed E-state index contributed by atoms with van der Waals surface area (Å²) in [4.78, 5) is 26.3. The summed E-state index contributed by atoms with van der Waals surface area (Å²) in [5.41, 5.74) is 0.487. The molecular weight excluding hydrogens is 284 g/mol. The van der Waals surface area contributed by atoms with Gasteiger partial charge in [0, 0.05) is 12.1 Å². The van der Waals surface area contributed by atoms with Crippen molar-refractivity contribution >= 4 is 11.8 Å². The highest BCUT2D eigenvalue weighted by Crippen LogP contribution is 2.33. The Kier molecular flexibility index (Phi) is 3.88. The van der Waals surface area contributed by atoms with Crippen LogP contribution in [0.5, 0.6) is 11.5 Å². The highest BCUT2D eigenvalue weighted by Gasteiger charge is 2.34. The van der Waals surface area contributed by atoms with E-state index < -0.39 is 6.04 Å². The van der Waals surface area contributed by atoms with E-state index in [-0.39, 0.29) is 25.2 Å². The second kappa shape index (κ2) is 5.98. The number of carbonyl (C=O) groups excluding carboxylic acids is 2. The van der Waals surface area contributed by atoms with Gasteiger partial charge in [0.25, 0.3) is 5.91 Å². The molecule has 1 saturated heterocycles. The molecule has 114 valence electrons. The number of benzene rings is 1. The number of terminal acetylenes is 1. The predicted molar refractivity (Wildman–Crippen MR) is 78.5 cm³/mol. The maximum absolute atomic E-state index is 12.6. The smallest absolute Gasteiger partial charge is 0.254 e. The lowest BCUT2D eigenvalue weighted by Crippen LogP contribution is -2.46. The van der Waals surface area contributed by atoms with E-state index in [2.05, 4.69) is 11.2 Å². The van der Waals surface area contributed by atoms with Crippen molar-refractivity contribution in [3.8, 4) is 23.8 Å². The Balaban J connectivity index is 1.76. The van der Waals surface area contributed by atoms with Gasteiger partial charge in [0.15, 0.2) is 11.5 Å². The van der Waals surface area contributed by atoms with Gasteiger partial charge in [-0.2, -0.15) is 0 Å². The standard InChI is InChI=1S/C16H16N2O4/c1-2-7-17-15(19)12-4-3-8-18(12)16(20)11-5-6-13-14(9-11)22-10-21-13/h1,5-6,9,12H,3-4,7-8,10H2,(H,17,19)/t12-/m1/s1. The molecule has 0 saturated carbocycles. The van der Waals surface area contributed by atoms with Crippen molar-refractivity contribution < 1.29 is 19.1 Å². The molecule has 2 amide bonds. The molecule has 2 aliphatic heterocycles. The number of amides is 2. The van der Waals surface area contributed by atoms with E-state index >= 15 is 0 Å². The third kappa shape index (κ3) is 2.58. The summed E-state index contributed by atoms with van der Waals surface area (Å²) in [6.45, 7) is 0.886. The summed E-state index contributed by atoms with van der Waals surface area (Å²) in [5, 5.41) is 2.64. The molecule has 6 nitrogen and oxygen atoms in total. The maximum Gasteiger partial charge on any atom is 0.254 e. The quantitative estimate of drug-likeness (QED) is 0.837. The van der Waals surface area contributed by atoms with Gasteiger partial charge in [-0.05, 0) is 31.0 Å². The third-order valence-electron chi connectivity index (χ3n) is 3.80. The molecule has 2 aliphatic rings. The van der Waals surface area contributed by atoms with Gasteiger partial charge in [-0.25, -0.2) is 0 Å².